The Bertz CT molecular complexity index is 671. The molecule has 0 aliphatic rings. The highest BCUT2D eigenvalue weighted by Crippen LogP contribution is 2.32. The molecule has 0 aliphatic carbocycles. The predicted octanol–water partition coefficient (Wildman–Crippen LogP) is 2.56. The second-order valence-corrected chi connectivity index (χ2v) is 5.31. The van der Waals surface area contributed by atoms with Crippen LogP contribution in [0.4, 0.5) is 5.95 Å². The largest absolute Gasteiger partial charge is 0.495 e. The van der Waals surface area contributed by atoms with Crippen LogP contribution in [0.25, 0.3) is 6.20 Å². The molecule has 0 aliphatic heterocycles. The molecule has 0 radical (unpaired) electrons. The fourth-order valence-electron chi connectivity index (χ4n) is 1.46. The first-order chi connectivity index (χ1) is 9.55. The van der Waals surface area contributed by atoms with Gasteiger partial charge in [0.25, 0.3) is 11.9 Å². The van der Waals surface area contributed by atoms with E-state index < -0.39 is 5.91 Å². The second-order valence-electron chi connectivity index (χ2n) is 3.54. The molecule has 104 valence electrons. The molecule has 0 saturated heterocycles. The lowest BCUT2D eigenvalue weighted by molar-refractivity contribution is 0.102. The number of methoxy groups -OCH3 is 1. The van der Waals surface area contributed by atoms with Crippen molar-refractivity contribution in [1.29, 1.82) is 0 Å². The minimum absolute atomic E-state index is 0.0769. The lowest BCUT2D eigenvalue weighted by Gasteiger charge is -2.10. The average Bonchev–Trinajstić information content (AvgIpc) is 2.85. The number of ether oxygens (including phenoxy) is 1. The number of hydrogen-bond acceptors (Lipinski definition) is 5. The van der Waals surface area contributed by atoms with Gasteiger partial charge in [-0.05, 0) is 33.3 Å². The molecule has 1 amide bonds. The molecule has 0 atom stereocenters. The van der Waals surface area contributed by atoms with Crippen LogP contribution in [0.5, 0.6) is 5.75 Å². The van der Waals surface area contributed by atoms with Crippen molar-refractivity contribution in [3.63, 3.8) is 0 Å². The van der Waals surface area contributed by atoms with E-state index in [0.29, 0.717) is 15.8 Å². The van der Waals surface area contributed by atoms with E-state index in [-0.39, 0.29) is 5.95 Å². The number of amides is 1. The van der Waals surface area contributed by atoms with Crippen LogP contribution in [0.3, 0.4) is 0 Å². The molecule has 1 aromatic heterocycles. The van der Waals surface area contributed by atoms with Gasteiger partial charge < -0.3 is 4.74 Å². The van der Waals surface area contributed by atoms with Crippen molar-refractivity contribution in [3.8, 4) is 5.75 Å². The van der Waals surface area contributed by atoms with E-state index in [9.17, 15) is 4.79 Å². The van der Waals surface area contributed by atoms with Crippen molar-refractivity contribution in [2.45, 2.75) is 0 Å². The number of hydrogen-bond donors (Lipinski definition) is 1. The third-order valence-electron chi connectivity index (χ3n) is 2.27. The van der Waals surface area contributed by atoms with Gasteiger partial charge in [-0.25, -0.2) is 0 Å². The molecule has 1 N–H and O–H groups in total. The molecular weight excluding hydrogens is 394 g/mol. The molecule has 0 fully saturated rings. The van der Waals surface area contributed by atoms with E-state index in [2.05, 4.69) is 59.2 Å². The van der Waals surface area contributed by atoms with Crippen LogP contribution in [-0.2, 0) is 0 Å². The molecule has 1 heterocycles. The summed E-state index contributed by atoms with van der Waals surface area (Å²) in [5, 5.41) is 13.7. The number of halogens is 2. The Morgan fingerprint density at radius 2 is 2.25 bits per heavy atom. The van der Waals surface area contributed by atoms with E-state index >= 15 is 0 Å². The quantitative estimate of drug-likeness (QED) is 0.849. The van der Waals surface area contributed by atoms with Gasteiger partial charge in [0.15, 0.2) is 0 Å². The second kappa shape index (κ2) is 6.14. The number of anilines is 1. The van der Waals surface area contributed by atoms with Crippen LogP contribution in [0.1, 0.15) is 10.4 Å². The number of aromatic nitrogens is 4. The number of carbonyl (C=O) groups is 1. The molecule has 0 bridgehead atoms. The highest BCUT2D eigenvalue weighted by molar-refractivity contribution is 9.11. The van der Waals surface area contributed by atoms with Crippen LogP contribution in [0.15, 0.2) is 27.7 Å². The lowest BCUT2D eigenvalue weighted by atomic mass is 10.2. The van der Waals surface area contributed by atoms with Crippen LogP contribution < -0.4 is 10.1 Å². The zero-order chi connectivity index (χ0) is 14.7. The standard InChI is InChI=1S/C11H9Br2N5O2/c1-3-18-16-11(15-17-18)14-10(19)7-4-6(12)5-8(13)9(7)20-2/h3-5H,1H2,2H3,(H,14,16,19). The van der Waals surface area contributed by atoms with Gasteiger partial charge >= 0.3 is 0 Å². The molecule has 20 heavy (non-hydrogen) atoms. The summed E-state index contributed by atoms with van der Waals surface area (Å²) in [6.07, 6.45) is 1.36. The van der Waals surface area contributed by atoms with Crippen molar-refractivity contribution in [2.24, 2.45) is 0 Å². The van der Waals surface area contributed by atoms with Gasteiger partial charge in [0, 0.05) is 10.7 Å². The molecule has 2 rings (SSSR count). The van der Waals surface area contributed by atoms with Gasteiger partial charge in [-0.2, -0.15) is 0 Å². The summed E-state index contributed by atoms with van der Waals surface area (Å²) in [5.41, 5.74) is 0.337. The Balaban J connectivity index is 2.31. The first-order valence-electron chi connectivity index (χ1n) is 5.31. The maximum atomic E-state index is 12.2. The van der Waals surface area contributed by atoms with Crippen LogP contribution in [0.2, 0.25) is 0 Å². The number of tetrazole rings is 1. The van der Waals surface area contributed by atoms with Crippen LogP contribution in [-0.4, -0.2) is 33.2 Å². The van der Waals surface area contributed by atoms with Crippen LogP contribution >= 0.6 is 31.9 Å². The number of nitrogens with zero attached hydrogens (tertiary/aromatic N) is 4. The predicted molar refractivity (Wildman–Crippen MR) is 80.6 cm³/mol. The summed E-state index contributed by atoms with van der Waals surface area (Å²) in [6.45, 7) is 3.49. The maximum absolute atomic E-state index is 12.2. The van der Waals surface area contributed by atoms with Crippen LogP contribution in [0, 0.1) is 0 Å². The van der Waals surface area contributed by atoms with E-state index in [1.807, 2.05) is 0 Å². The summed E-state index contributed by atoms with van der Waals surface area (Å²) in [6, 6.07) is 3.42. The molecule has 7 nitrogen and oxygen atoms in total. The summed E-state index contributed by atoms with van der Waals surface area (Å²) in [5.74, 6) is 0.0855. The molecule has 1 aromatic carbocycles. The normalized spacial score (nSPS) is 10.2. The molecule has 0 unspecified atom stereocenters. The first-order valence-corrected chi connectivity index (χ1v) is 6.90. The maximum Gasteiger partial charge on any atom is 0.270 e. The summed E-state index contributed by atoms with van der Waals surface area (Å²) >= 11 is 6.65. The average molecular weight is 403 g/mol. The monoisotopic (exact) mass is 401 g/mol. The Morgan fingerprint density at radius 3 is 2.85 bits per heavy atom. The van der Waals surface area contributed by atoms with Crippen molar-refractivity contribution in [1.82, 2.24) is 20.2 Å². The van der Waals surface area contributed by atoms with Gasteiger partial charge in [-0.15, -0.1) is 9.90 Å². The Kier molecular flexibility index (Phi) is 4.50. The fourth-order valence-corrected chi connectivity index (χ4v) is 2.85. The Hall–Kier alpha value is -1.74. The Labute approximate surface area is 131 Å². The molecule has 2 aromatic rings. The number of rotatable bonds is 4. The zero-order valence-electron chi connectivity index (χ0n) is 10.3. The third-order valence-corrected chi connectivity index (χ3v) is 3.32. The van der Waals surface area contributed by atoms with Crippen molar-refractivity contribution in [3.05, 3.63) is 33.2 Å². The highest BCUT2D eigenvalue weighted by Gasteiger charge is 2.18. The van der Waals surface area contributed by atoms with E-state index in [1.165, 1.54) is 13.3 Å². The summed E-state index contributed by atoms with van der Waals surface area (Å²) < 4.78 is 6.60. The molecule has 9 heteroatoms. The van der Waals surface area contributed by atoms with Crippen molar-refractivity contribution < 1.29 is 9.53 Å². The number of nitrogens with one attached hydrogen (secondary N) is 1. The van der Waals surface area contributed by atoms with E-state index in [0.717, 1.165) is 9.27 Å². The molecular formula is C11H9Br2N5O2. The SMILES string of the molecule is C=Cn1nnc(NC(=O)c2cc(Br)cc(Br)c2OC)n1. The fraction of sp³-hybridized carbons (Fsp3) is 0.0909. The molecule has 0 saturated carbocycles. The summed E-state index contributed by atoms with van der Waals surface area (Å²) in [4.78, 5) is 13.4. The van der Waals surface area contributed by atoms with Gasteiger partial charge in [0.2, 0.25) is 0 Å². The van der Waals surface area contributed by atoms with Gasteiger partial charge in [-0.1, -0.05) is 27.6 Å². The van der Waals surface area contributed by atoms with E-state index in [4.69, 9.17) is 4.74 Å². The lowest BCUT2D eigenvalue weighted by Crippen LogP contribution is -2.14. The minimum atomic E-state index is -0.410. The highest BCUT2D eigenvalue weighted by atomic mass is 79.9. The minimum Gasteiger partial charge on any atom is -0.495 e. The van der Waals surface area contributed by atoms with Gasteiger partial charge in [0.05, 0.1) is 17.1 Å². The zero-order valence-corrected chi connectivity index (χ0v) is 13.5. The van der Waals surface area contributed by atoms with Crippen molar-refractivity contribution in [2.75, 3.05) is 12.4 Å². The summed E-state index contributed by atoms with van der Waals surface area (Å²) in [7, 11) is 1.48. The number of benzene rings is 1. The van der Waals surface area contributed by atoms with E-state index in [1.54, 1.807) is 12.1 Å². The third kappa shape index (κ3) is 3.05. The van der Waals surface area contributed by atoms with Gasteiger partial charge in [0.1, 0.15) is 5.75 Å². The first kappa shape index (κ1) is 14.7. The number of carbonyl (C=O) groups excluding carboxylic acids is 1. The topological polar surface area (TPSA) is 81.9 Å². The molecule has 0 spiro atoms. The smallest absolute Gasteiger partial charge is 0.270 e. The van der Waals surface area contributed by atoms with Gasteiger partial charge in [-0.3, -0.25) is 10.1 Å². The van der Waals surface area contributed by atoms with Crippen molar-refractivity contribution >= 4 is 49.9 Å². The Morgan fingerprint density at radius 1 is 1.50 bits per heavy atom.